The lowest BCUT2D eigenvalue weighted by Crippen LogP contribution is -2.19. The van der Waals surface area contributed by atoms with E-state index in [0.29, 0.717) is 5.56 Å². The number of hydrogen-bond acceptors (Lipinski definition) is 4. The molecule has 2 rings (SSSR count). The van der Waals surface area contributed by atoms with Crippen molar-refractivity contribution in [3.8, 4) is 5.75 Å². The second-order valence-corrected chi connectivity index (χ2v) is 8.25. The Morgan fingerprint density at radius 1 is 1.15 bits per heavy atom. The van der Waals surface area contributed by atoms with Crippen LogP contribution in [0.1, 0.15) is 28.4 Å². The third-order valence-corrected chi connectivity index (χ3v) is 5.76. The maximum atomic E-state index is 12.4. The van der Waals surface area contributed by atoms with Gasteiger partial charge in [0.1, 0.15) is 5.75 Å². The molecule has 0 aliphatic rings. The second kappa shape index (κ2) is 7.77. The van der Waals surface area contributed by atoms with Gasteiger partial charge in [-0.2, -0.15) is 0 Å². The molecule has 0 atom stereocenters. The molecule has 2 N–H and O–H groups in total. The molecule has 0 aliphatic carbocycles. The van der Waals surface area contributed by atoms with Crippen LogP contribution in [0.25, 0.3) is 0 Å². The lowest BCUT2D eigenvalue weighted by atomic mass is 9.99. The number of ether oxygens (including phenoxy) is 1. The monoisotopic (exact) mass is 421 g/mol. The summed E-state index contributed by atoms with van der Waals surface area (Å²) < 4.78 is 65.4. The highest BCUT2D eigenvalue weighted by atomic mass is 35.5. The third-order valence-electron chi connectivity index (χ3n) is 3.70. The molecular weight excluding hydrogens is 407 g/mol. The van der Waals surface area contributed by atoms with Crippen molar-refractivity contribution >= 4 is 27.3 Å². The van der Waals surface area contributed by atoms with E-state index in [-0.39, 0.29) is 33.2 Å². The number of primary amides is 1. The van der Waals surface area contributed by atoms with Crippen LogP contribution in [0.3, 0.4) is 0 Å². The SMILES string of the molecule is CCS(=O)(=O)c1ccc(Cl)cc1Cc1ccc(OC(F)(F)F)cc1C(N)=O. The number of carbonyl (C=O) groups is 1. The zero-order chi connectivity index (χ0) is 20.4. The Bertz CT molecular complexity index is 975. The predicted molar refractivity (Wildman–Crippen MR) is 93.6 cm³/mol. The van der Waals surface area contributed by atoms with Gasteiger partial charge in [-0.25, -0.2) is 8.42 Å². The van der Waals surface area contributed by atoms with E-state index in [1.165, 1.54) is 31.2 Å². The number of alkyl halides is 3. The molecule has 0 saturated heterocycles. The van der Waals surface area contributed by atoms with E-state index >= 15 is 0 Å². The maximum Gasteiger partial charge on any atom is 0.573 e. The molecule has 10 heteroatoms. The molecule has 27 heavy (non-hydrogen) atoms. The van der Waals surface area contributed by atoms with Crippen molar-refractivity contribution in [1.29, 1.82) is 0 Å². The summed E-state index contributed by atoms with van der Waals surface area (Å²) >= 11 is 5.95. The van der Waals surface area contributed by atoms with Crippen LogP contribution in [0, 0.1) is 0 Å². The van der Waals surface area contributed by atoms with E-state index in [9.17, 15) is 26.4 Å². The highest BCUT2D eigenvalue weighted by Crippen LogP contribution is 2.29. The first-order valence-corrected chi connectivity index (χ1v) is 9.65. The van der Waals surface area contributed by atoms with Crippen molar-refractivity contribution in [2.24, 2.45) is 5.73 Å². The molecular formula is C17H15ClF3NO4S. The van der Waals surface area contributed by atoms with Gasteiger partial charge in [0.05, 0.1) is 10.6 Å². The fourth-order valence-electron chi connectivity index (χ4n) is 2.49. The number of nitrogens with two attached hydrogens (primary N) is 1. The predicted octanol–water partition coefficient (Wildman–Crippen LogP) is 3.72. The van der Waals surface area contributed by atoms with Gasteiger partial charge in [0.2, 0.25) is 5.91 Å². The molecule has 0 aromatic heterocycles. The van der Waals surface area contributed by atoms with Crippen LogP contribution in [0.5, 0.6) is 5.75 Å². The van der Waals surface area contributed by atoms with E-state index in [0.717, 1.165) is 12.1 Å². The zero-order valence-electron chi connectivity index (χ0n) is 14.0. The van der Waals surface area contributed by atoms with Crippen molar-refractivity contribution in [1.82, 2.24) is 0 Å². The van der Waals surface area contributed by atoms with Crippen molar-refractivity contribution in [3.05, 3.63) is 58.1 Å². The molecule has 0 spiro atoms. The summed E-state index contributed by atoms with van der Waals surface area (Å²) in [5, 5.41) is 0.276. The topological polar surface area (TPSA) is 86.5 Å². The number of rotatable bonds is 6. The molecule has 0 bridgehead atoms. The highest BCUT2D eigenvalue weighted by Gasteiger charge is 2.31. The van der Waals surface area contributed by atoms with Crippen molar-refractivity contribution in [2.45, 2.75) is 24.6 Å². The maximum absolute atomic E-state index is 12.4. The van der Waals surface area contributed by atoms with Crippen LogP contribution in [-0.2, 0) is 16.3 Å². The second-order valence-electron chi connectivity index (χ2n) is 5.56. The highest BCUT2D eigenvalue weighted by molar-refractivity contribution is 7.91. The van der Waals surface area contributed by atoms with Crippen LogP contribution in [0.15, 0.2) is 41.3 Å². The average molecular weight is 422 g/mol. The first-order chi connectivity index (χ1) is 12.4. The van der Waals surface area contributed by atoms with E-state index in [1.807, 2.05) is 0 Å². The number of sulfone groups is 1. The summed E-state index contributed by atoms with van der Waals surface area (Å²) in [5.74, 6) is -1.73. The quantitative estimate of drug-likeness (QED) is 0.770. The van der Waals surface area contributed by atoms with Gasteiger partial charge in [0.15, 0.2) is 9.84 Å². The van der Waals surface area contributed by atoms with Gasteiger partial charge in [-0.05, 0) is 47.9 Å². The molecule has 2 aromatic carbocycles. The Kier molecular flexibility index (Phi) is 6.06. The van der Waals surface area contributed by atoms with Crippen LogP contribution in [-0.4, -0.2) is 26.4 Å². The Balaban J connectivity index is 2.52. The van der Waals surface area contributed by atoms with Gasteiger partial charge < -0.3 is 10.5 Å². The number of halogens is 4. The molecule has 146 valence electrons. The minimum absolute atomic E-state index is 0.0282. The van der Waals surface area contributed by atoms with E-state index in [1.54, 1.807) is 0 Å². The zero-order valence-corrected chi connectivity index (χ0v) is 15.6. The molecule has 0 heterocycles. The Morgan fingerprint density at radius 3 is 2.37 bits per heavy atom. The van der Waals surface area contributed by atoms with Crippen LogP contribution in [0.4, 0.5) is 13.2 Å². The number of benzene rings is 2. The summed E-state index contributed by atoms with van der Waals surface area (Å²) in [6, 6.07) is 7.31. The minimum atomic E-state index is -4.92. The summed E-state index contributed by atoms with van der Waals surface area (Å²) in [6.45, 7) is 1.48. The van der Waals surface area contributed by atoms with Crippen LogP contribution >= 0.6 is 11.6 Å². The van der Waals surface area contributed by atoms with Gasteiger partial charge in [-0.15, -0.1) is 13.2 Å². The van der Waals surface area contributed by atoms with Gasteiger partial charge >= 0.3 is 6.36 Å². The Morgan fingerprint density at radius 2 is 1.81 bits per heavy atom. The minimum Gasteiger partial charge on any atom is -0.406 e. The summed E-state index contributed by atoms with van der Waals surface area (Å²) in [4.78, 5) is 11.7. The number of carbonyl (C=O) groups excluding carboxylic acids is 1. The molecule has 5 nitrogen and oxygen atoms in total. The normalized spacial score (nSPS) is 12.0. The standard InChI is InChI=1S/C17H15ClF3NO4S/c1-2-27(24,25)15-6-4-12(18)8-11(15)7-10-3-5-13(26-17(19,20)21)9-14(10)16(22)23/h3-6,8-9H,2,7H2,1H3,(H2,22,23). The molecule has 1 amide bonds. The van der Waals surface area contributed by atoms with E-state index in [4.69, 9.17) is 17.3 Å². The molecule has 0 fully saturated rings. The fourth-order valence-corrected chi connectivity index (χ4v) is 3.80. The van der Waals surface area contributed by atoms with Gasteiger partial charge in [0, 0.05) is 10.6 Å². The van der Waals surface area contributed by atoms with E-state index < -0.39 is 27.9 Å². The fraction of sp³-hybridized carbons (Fsp3) is 0.235. The van der Waals surface area contributed by atoms with Crippen LogP contribution < -0.4 is 10.5 Å². The van der Waals surface area contributed by atoms with Gasteiger partial charge in [0.25, 0.3) is 0 Å². The first-order valence-electron chi connectivity index (χ1n) is 7.62. The number of amides is 1. The first kappa shape index (κ1) is 21.0. The Labute approximate surface area is 158 Å². The molecule has 0 unspecified atom stereocenters. The number of hydrogen-bond donors (Lipinski definition) is 1. The van der Waals surface area contributed by atoms with Crippen LogP contribution in [0.2, 0.25) is 5.02 Å². The van der Waals surface area contributed by atoms with Gasteiger partial charge in [-0.1, -0.05) is 24.6 Å². The van der Waals surface area contributed by atoms with Crippen molar-refractivity contribution in [2.75, 3.05) is 5.75 Å². The summed E-state index contributed by atoms with van der Waals surface area (Å²) in [7, 11) is -3.58. The van der Waals surface area contributed by atoms with Crippen molar-refractivity contribution in [3.63, 3.8) is 0 Å². The molecule has 0 aliphatic heterocycles. The Hall–Kier alpha value is -2.26. The largest absolute Gasteiger partial charge is 0.573 e. The average Bonchev–Trinajstić information content (AvgIpc) is 2.54. The smallest absolute Gasteiger partial charge is 0.406 e. The summed E-state index contributed by atoms with van der Waals surface area (Å²) in [6.07, 6.45) is -4.99. The third kappa shape index (κ3) is 5.36. The lowest BCUT2D eigenvalue weighted by Gasteiger charge is -2.14. The summed E-state index contributed by atoms with van der Waals surface area (Å²) in [5.41, 5.74) is 5.59. The molecule has 2 aromatic rings. The van der Waals surface area contributed by atoms with Crippen molar-refractivity contribution < 1.29 is 31.1 Å². The van der Waals surface area contributed by atoms with Gasteiger partial charge in [-0.3, -0.25) is 4.79 Å². The lowest BCUT2D eigenvalue weighted by molar-refractivity contribution is -0.274. The van der Waals surface area contributed by atoms with E-state index in [2.05, 4.69) is 4.74 Å². The molecule has 0 radical (unpaired) electrons. The molecule has 0 saturated carbocycles.